The molecule has 0 unspecified atom stereocenters. The molecule has 0 aliphatic carbocycles. The number of amides is 1. The first-order valence-electron chi connectivity index (χ1n) is 8.58. The summed E-state index contributed by atoms with van der Waals surface area (Å²) in [6.45, 7) is 1.07. The lowest BCUT2D eigenvalue weighted by Gasteiger charge is -2.10. The standard InChI is InChI=1S/C20H19N3O5S/c1-14-7-8-16(12-18(14)29(21,26)27)22-19(24)13-28-20(25)15-5-4-6-17(11-15)23-9-2-3-10-23/h2-12H,13H2,1H3,(H,22,24)(H2,21,26,27). The second kappa shape index (κ2) is 8.29. The zero-order valence-corrected chi connectivity index (χ0v) is 16.3. The van der Waals surface area contributed by atoms with Gasteiger partial charge in [0.1, 0.15) is 0 Å². The van der Waals surface area contributed by atoms with Crippen LogP contribution in [0.4, 0.5) is 5.69 Å². The molecule has 29 heavy (non-hydrogen) atoms. The highest BCUT2D eigenvalue weighted by Gasteiger charge is 2.15. The molecule has 0 radical (unpaired) electrons. The normalized spacial score (nSPS) is 11.1. The van der Waals surface area contributed by atoms with Crippen LogP contribution in [0.1, 0.15) is 15.9 Å². The number of primary sulfonamides is 1. The van der Waals surface area contributed by atoms with E-state index in [0.717, 1.165) is 5.69 Å². The van der Waals surface area contributed by atoms with Crippen molar-refractivity contribution in [1.82, 2.24) is 4.57 Å². The van der Waals surface area contributed by atoms with E-state index in [9.17, 15) is 18.0 Å². The van der Waals surface area contributed by atoms with Crippen LogP contribution in [0.2, 0.25) is 0 Å². The van der Waals surface area contributed by atoms with Gasteiger partial charge in [0.05, 0.1) is 10.5 Å². The third-order valence-corrected chi connectivity index (χ3v) is 5.15. The van der Waals surface area contributed by atoms with Crippen LogP contribution < -0.4 is 10.5 Å². The molecular weight excluding hydrogens is 394 g/mol. The summed E-state index contributed by atoms with van der Waals surface area (Å²) < 4.78 is 30.0. The van der Waals surface area contributed by atoms with Gasteiger partial charge in [-0.05, 0) is 55.0 Å². The smallest absolute Gasteiger partial charge is 0.338 e. The van der Waals surface area contributed by atoms with Gasteiger partial charge in [0.15, 0.2) is 6.61 Å². The number of benzene rings is 2. The second-order valence-corrected chi connectivity index (χ2v) is 7.82. The Morgan fingerprint density at radius 2 is 1.79 bits per heavy atom. The number of carbonyl (C=O) groups is 2. The zero-order valence-electron chi connectivity index (χ0n) is 15.5. The predicted octanol–water partition coefficient (Wildman–Crippen LogP) is 2.23. The first-order valence-corrected chi connectivity index (χ1v) is 10.1. The number of nitrogens with one attached hydrogen (secondary N) is 1. The number of hydrogen-bond acceptors (Lipinski definition) is 5. The summed E-state index contributed by atoms with van der Waals surface area (Å²) in [6.07, 6.45) is 3.69. The Labute approximate surface area is 168 Å². The van der Waals surface area contributed by atoms with Crippen molar-refractivity contribution in [3.63, 3.8) is 0 Å². The maximum absolute atomic E-state index is 12.2. The van der Waals surface area contributed by atoms with Gasteiger partial charge in [-0.1, -0.05) is 12.1 Å². The molecule has 3 rings (SSSR count). The van der Waals surface area contributed by atoms with Gasteiger partial charge in [-0.25, -0.2) is 18.4 Å². The summed E-state index contributed by atoms with van der Waals surface area (Å²) >= 11 is 0. The predicted molar refractivity (Wildman–Crippen MR) is 107 cm³/mol. The van der Waals surface area contributed by atoms with E-state index in [1.807, 2.05) is 35.2 Å². The van der Waals surface area contributed by atoms with Crippen LogP contribution >= 0.6 is 0 Å². The van der Waals surface area contributed by atoms with Crippen molar-refractivity contribution >= 4 is 27.6 Å². The maximum Gasteiger partial charge on any atom is 0.338 e. The Morgan fingerprint density at radius 3 is 2.48 bits per heavy atom. The Morgan fingerprint density at radius 1 is 1.07 bits per heavy atom. The van der Waals surface area contributed by atoms with Crippen molar-refractivity contribution in [2.24, 2.45) is 5.14 Å². The lowest BCUT2D eigenvalue weighted by atomic mass is 10.2. The zero-order chi connectivity index (χ0) is 21.0. The van der Waals surface area contributed by atoms with E-state index in [1.54, 1.807) is 25.1 Å². The van der Waals surface area contributed by atoms with Crippen molar-refractivity contribution in [3.05, 3.63) is 78.1 Å². The van der Waals surface area contributed by atoms with Gasteiger partial charge < -0.3 is 14.6 Å². The van der Waals surface area contributed by atoms with Gasteiger partial charge in [0, 0.05) is 23.8 Å². The van der Waals surface area contributed by atoms with Crippen LogP contribution in [0.5, 0.6) is 0 Å². The minimum atomic E-state index is -3.91. The van der Waals surface area contributed by atoms with Crippen LogP contribution in [0.3, 0.4) is 0 Å². The molecule has 0 bridgehead atoms. The first kappa shape index (κ1) is 20.3. The molecule has 1 heterocycles. The van der Waals surface area contributed by atoms with Gasteiger partial charge in [-0.15, -0.1) is 0 Å². The van der Waals surface area contributed by atoms with Gasteiger partial charge >= 0.3 is 5.97 Å². The summed E-state index contributed by atoms with van der Waals surface area (Å²) in [5.74, 6) is -1.26. The Bertz CT molecular complexity index is 1150. The maximum atomic E-state index is 12.2. The minimum absolute atomic E-state index is 0.0888. The van der Waals surface area contributed by atoms with Gasteiger partial charge in [0.2, 0.25) is 10.0 Å². The molecule has 0 saturated carbocycles. The van der Waals surface area contributed by atoms with E-state index in [2.05, 4.69) is 5.32 Å². The molecule has 0 spiro atoms. The molecule has 3 N–H and O–H groups in total. The third-order valence-electron chi connectivity index (χ3n) is 4.10. The SMILES string of the molecule is Cc1ccc(NC(=O)COC(=O)c2cccc(-n3cccc3)c2)cc1S(N)(=O)=O. The van der Waals surface area contributed by atoms with Crippen LogP contribution in [0.15, 0.2) is 71.9 Å². The number of esters is 1. The fourth-order valence-corrected chi connectivity index (χ4v) is 3.50. The monoisotopic (exact) mass is 413 g/mol. The highest BCUT2D eigenvalue weighted by Crippen LogP contribution is 2.19. The molecule has 9 heteroatoms. The molecule has 0 fully saturated rings. The molecule has 0 saturated heterocycles. The number of hydrogen-bond donors (Lipinski definition) is 2. The third kappa shape index (κ3) is 5.09. The molecule has 2 aromatic carbocycles. The summed E-state index contributed by atoms with van der Waals surface area (Å²) in [5, 5.41) is 7.64. The lowest BCUT2D eigenvalue weighted by molar-refractivity contribution is -0.119. The first-order chi connectivity index (χ1) is 13.7. The molecule has 0 aliphatic rings. The van der Waals surface area contributed by atoms with E-state index in [-0.39, 0.29) is 10.6 Å². The van der Waals surface area contributed by atoms with E-state index >= 15 is 0 Å². The average molecular weight is 413 g/mol. The highest BCUT2D eigenvalue weighted by molar-refractivity contribution is 7.89. The van der Waals surface area contributed by atoms with E-state index < -0.39 is 28.5 Å². The topological polar surface area (TPSA) is 120 Å². The Hall–Kier alpha value is -3.43. The van der Waals surface area contributed by atoms with Gasteiger partial charge in [0.25, 0.3) is 5.91 Å². The number of rotatable bonds is 6. The number of sulfonamides is 1. The van der Waals surface area contributed by atoms with Crippen LogP contribution in [-0.4, -0.2) is 31.5 Å². The van der Waals surface area contributed by atoms with Crippen molar-refractivity contribution in [3.8, 4) is 5.69 Å². The van der Waals surface area contributed by atoms with Crippen molar-refractivity contribution in [2.45, 2.75) is 11.8 Å². The Balaban J connectivity index is 1.63. The molecule has 0 aliphatic heterocycles. The number of ether oxygens (including phenoxy) is 1. The molecule has 3 aromatic rings. The van der Waals surface area contributed by atoms with Crippen molar-refractivity contribution in [1.29, 1.82) is 0 Å². The fraction of sp³-hybridized carbons (Fsp3) is 0.100. The molecule has 150 valence electrons. The average Bonchev–Trinajstić information content (AvgIpc) is 3.22. The van der Waals surface area contributed by atoms with E-state index in [4.69, 9.17) is 9.88 Å². The number of nitrogens with two attached hydrogens (primary N) is 1. The molecule has 1 amide bonds. The van der Waals surface area contributed by atoms with E-state index in [0.29, 0.717) is 11.1 Å². The quantitative estimate of drug-likeness (QED) is 0.601. The fourth-order valence-electron chi connectivity index (χ4n) is 2.70. The van der Waals surface area contributed by atoms with E-state index in [1.165, 1.54) is 18.2 Å². The number of anilines is 1. The van der Waals surface area contributed by atoms with Crippen LogP contribution in [-0.2, 0) is 19.6 Å². The number of carbonyl (C=O) groups excluding carboxylic acids is 2. The number of nitrogens with zero attached hydrogens (tertiary/aromatic N) is 1. The van der Waals surface area contributed by atoms with Crippen molar-refractivity contribution < 1.29 is 22.7 Å². The summed E-state index contributed by atoms with van der Waals surface area (Å²) in [4.78, 5) is 24.2. The molecule has 1 aromatic heterocycles. The van der Waals surface area contributed by atoms with Crippen molar-refractivity contribution in [2.75, 3.05) is 11.9 Å². The molecule has 8 nitrogen and oxygen atoms in total. The Kier molecular flexibility index (Phi) is 5.81. The lowest BCUT2D eigenvalue weighted by Crippen LogP contribution is -2.21. The van der Waals surface area contributed by atoms with Crippen LogP contribution in [0.25, 0.3) is 5.69 Å². The molecular formula is C20H19N3O5S. The summed E-state index contributed by atoms with van der Waals surface area (Å²) in [6, 6.07) is 14.8. The number of aryl methyl sites for hydroxylation is 1. The van der Waals surface area contributed by atoms with Gasteiger partial charge in [-0.3, -0.25) is 4.79 Å². The molecule has 0 atom stereocenters. The van der Waals surface area contributed by atoms with Crippen LogP contribution in [0, 0.1) is 6.92 Å². The van der Waals surface area contributed by atoms with Gasteiger partial charge in [-0.2, -0.15) is 0 Å². The number of aromatic nitrogens is 1. The summed E-state index contributed by atoms with van der Waals surface area (Å²) in [5.41, 5.74) is 1.77. The summed E-state index contributed by atoms with van der Waals surface area (Å²) in [7, 11) is -3.91. The largest absolute Gasteiger partial charge is 0.452 e. The second-order valence-electron chi connectivity index (χ2n) is 6.29. The minimum Gasteiger partial charge on any atom is -0.452 e. The highest BCUT2D eigenvalue weighted by atomic mass is 32.2.